The van der Waals surface area contributed by atoms with Gasteiger partial charge in [0.1, 0.15) is 0 Å². The SMILES string of the molecule is C=C/C=C(\C=C/CCC(SC)C(=C)NC=C)CCC(=C)c1cccc(CC)c1. The van der Waals surface area contributed by atoms with Gasteiger partial charge in [0.25, 0.3) is 0 Å². The Balaban J connectivity index is 2.58. The molecule has 1 rings (SSSR count). The summed E-state index contributed by atoms with van der Waals surface area (Å²) in [5, 5.41) is 3.50. The number of thioether (sulfide) groups is 1. The van der Waals surface area contributed by atoms with Crippen LogP contribution in [0.3, 0.4) is 0 Å². The Labute approximate surface area is 176 Å². The summed E-state index contributed by atoms with van der Waals surface area (Å²) in [4.78, 5) is 0. The molecule has 2 heteroatoms. The molecule has 1 atom stereocenters. The summed E-state index contributed by atoms with van der Waals surface area (Å²) in [6.07, 6.45) is 17.3. The molecule has 1 unspecified atom stereocenters. The van der Waals surface area contributed by atoms with Crippen molar-refractivity contribution in [3.8, 4) is 0 Å². The van der Waals surface area contributed by atoms with Gasteiger partial charge >= 0.3 is 0 Å². The van der Waals surface area contributed by atoms with Gasteiger partial charge in [-0.1, -0.05) is 81.8 Å². The van der Waals surface area contributed by atoms with E-state index in [1.54, 1.807) is 6.20 Å². The summed E-state index contributed by atoms with van der Waals surface area (Å²) >= 11 is 1.82. The molecule has 0 radical (unpaired) electrons. The summed E-state index contributed by atoms with van der Waals surface area (Å²) in [5.41, 5.74) is 6.09. The van der Waals surface area contributed by atoms with Gasteiger partial charge in [-0.15, -0.1) is 0 Å². The molecule has 0 fully saturated rings. The second-order valence-corrected chi connectivity index (χ2v) is 7.75. The van der Waals surface area contributed by atoms with E-state index in [-0.39, 0.29) is 0 Å². The normalized spacial score (nSPS) is 12.6. The highest BCUT2D eigenvalue weighted by molar-refractivity contribution is 7.99. The molecule has 28 heavy (non-hydrogen) atoms. The minimum atomic E-state index is 0.389. The predicted molar refractivity (Wildman–Crippen MR) is 131 cm³/mol. The van der Waals surface area contributed by atoms with E-state index >= 15 is 0 Å². The molecule has 0 aliphatic rings. The van der Waals surface area contributed by atoms with Gasteiger partial charge in [0.05, 0.1) is 0 Å². The Bertz CT molecular complexity index is 724. The summed E-state index contributed by atoms with van der Waals surface area (Å²) in [7, 11) is 0. The molecule has 0 aliphatic carbocycles. The van der Waals surface area contributed by atoms with E-state index in [0.29, 0.717) is 5.25 Å². The van der Waals surface area contributed by atoms with Crippen LogP contribution in [0.5, 0.6) is 0 Å². The van der Waals surface area contributed by atoms with Crippen LogP contribution in [-0.2, 0) is 6.42 Å². The molecule has 0 heterocycles. The molecule has 1 aromatic rings. The van der Waals surface area contributed by atoms with E-state index in [2.05, 4.69) is 87.3 Å². The average molecular weight is 394 g/mol. The average Bonchev–Trinajstić information content (AvgIpc) is 2.71. The van der Waals surface area contributed by atoms with Crippen molar-refractivity contribution in [2.75, 3.05) is 6.26 Å². The number of hydrogen-bond acceptors (Lipinski definition) is 2. The Morgan fingerprint density at radius 1 is 1.21 bits per heavy atom. The van der Waals surface area contributed by atoms with Crippen LogP contribution in [0.2, 0.25) is 0 Å². The van der Waals surface area contributed by atoms with Crippen LogP contribution in [-0.4, -0.2) is 11.5 Å². The van der Waals surface area contributed by atoms with E-state index in [0.717, 1.165) is 37.8 Å². The van der Waals surface area contributed by atoms with Gasteiger partial charge < -0.3 is 5.32 Å². The number of aryl methyl sites for hydroxylation is 1. The van der Waals surface area contributed by atoms with Crippen molar-refractivity contribution >= 4 is 17.3 Å². The van der Waals surface area contributed by atoms with Gasteiger partial charge in [0, 0.05) is 10.9 Å². The van der Waals surface area contributed by atoms with Gasteiger partial charge in [-0.3, -0.25) is 0 Å². The minimum absolute atomic E-state index is 0.389. The molecule has 0 amide bonds. The first kappa shape index (κ1) is 23.8. The molecule has 0 saturated carbocycles. The van der Waals surface area contributed by atoms with Gasteiger partial charge in [0.2, 0.25) is 0 Å². The van der Waals surface area contributed by atoms with Crippen LogP contribution in [0.25, 0.3) is 5.57 Å². The number of nitrogens with one attached hydrogen (secondary N) is 1. The zero-order chi connectivity index (χ0) is 20.8. The first-order valence-corrected chi connectivity index (χ1v) is 11.2. The van der Waals surface area contributed by atoms with E-state index in [9.17, 15) is 0 Å². The van der Waals surface area contributed by atoms with Crippen molar-refractivity contribution in [3.63, 3.8) is 0 Å². The third-order valence-corrected chi connectivity index (χ3v) is 5.77. The largest absolute Gasteiger partial charge is 0.365 e. The molecule has 0 aromatic heterocycles. The van der Waals surface area contributed by atoms with Gasteiger partial charge in [0.15, 0.2) is 0 Å². The van der Waals surface area contributed by atoms with Crippen molar-refractivity contribution in [2.45, 2.75) is 44.3 Å². The Morgan fingerprint density at radius 2 is 2.00 bits per heavy atom. The third kappa shape index (κ3) is 8.67. The standard InChI is InChI=1S/C26H35NS/c1-7-13-24(14-10-11-17-26(28-6)22(5)27-9-3)19-18-21(4)25-16-12-15-23(8-2)20-25/h7,9-10,12-16,20,26-27H,1,3-5,8,11,17-19H2,2,6H3/b14-10-,24-13+. The van der Waals surface area contributed by atoms with Crippen molar-refractivity contribution in [1.29, 1.82) is 0 Å². The molecular formula is C26H35NS. The van der Waals surface area contributed by atoms with E-state index in [1.807, 2.05) is 17.8 Å². The molecule has 1 nitrogen and oxygen atoms in total. The zero-order valence-corrected chi connectivity index (χ0v) is 18.4. The Morgan fingerprint density at radius 3 is 2.64 bits per heavy atom. The topological polar surface area (TPSA) is 12.0 Å². The van der Waals surface area contributed by atoms with Crippen molar-refractivity contribution in [1.82, 2.24) is 5.32 Å². The first-order chi connectivity index (χ1) is 13.5. The number of allylic oxidation sites excluding steroid dienone is 6. The van der Waals surface area contributed by atoms with E-state index < -0.39 is 0 Å². The van der Waals surface area contributed by atoms with Crippen LogP contribution in [0.1, 0.15) is 43.7 Å². The Kier molecular flexibility index (Phi) is 11.8. The maximum absolute atomic E-state index is 4.30. The van der Waals surface area contributed by atoms with Crippen LogP contribution in [0.4, 0.5) is 0 Å². The van der Waals surface area contributed by atoms with Crippen LogP contribution in [0, 0.1) is 0 Å². The number of benzene rings is 1. The lowest BCUT2D eigenvalue weighted by Crippen LogP contribution is -2.15. The lowest BCUT2D eigenvalue weighted by Gasteiger charge is -2.16. The summed E-state index contributed by atoms with van der Waals surface area (Å²) < 4.78 is 0. The molecule has 0 bridgehead atoms. The first-order valence-electron chi connectivity index (χ1n) is 9.89. The van der Waals surface area contributed by atoms with Gasteiger partial charge in [-0.05, 0) is 66.8 Å². The number of hydrogen-bond donors (Lipinski definition) is 1. The highest BCUT2D eigenvalue weighted by Crippen LogP contribution is 2.23. The second-order valence-electron chi connectivity index (χ2n) is 6.71. The fraction of sp³-hybridized carbons (Fsp3) is 0.308. The highest BCUT2D eigenvalue weighted by atomic mass is 32.2. The van der Waals surface area contributed by atoms with Gasteiger partial charge in [-0.2, -0.15) is 11.8 Å². The quantitative estimate of drug-likeness (QED) is 0.329. The number of rotatable bonds is 14. The molecule has 0 aliphatic heterocycles. The molecular weight excluding hydrogens is 358 g/mol. The lowest BCUT2D eigenvalue weighted by atomic mass is 9.97. The molecule has 1 aromatic carbocycles. The Hall–Kier alpha value is -2.19. The van der Waals surface area contributed by atoms with Crippen molar-refractivity contribution < 1.29 is 0 Å². The maximum Gasteiger partial charge on any atom is 0.0442 e. The summed E-state index contributed by atoms with van der Waals surface area (Å²) in [6, 6.07) is 8.70. The molecule has 150 valence electrons. The highest BCUT2D eigenvalue weighted by Gasteiger charge is 2.08. The molecule has 0 spiro atoms. The van der Waals surface area contributed by atoms with Crippen molar-refractivity contribution in [2.24, 2.45) is 0 Å². The third-order valence-electron chi connectivity index (χ3n) is 4.68. The van der Waals surface area contributed by atoms with Crippen LogP contribution >= 0.6 is 11.8 Å². The monoisotopic (exact) mass is 393 g/mol. The summed E-state index contributed by atoms with van der Waals surface area (Å²) in [5.74, 6) is 0. The minimum Gasteiger partial charge on any atom is -0.365 e. The van der Waals surface area contributed by atoms with E-state index in [1.165, 1.54) is 22.3 Å². The maximum atomic E-state index is 4.30. The summed E-state index contributed by atoms with van der Waals surface area (Å²) in [6.45, 7) is 18.1. The van der Waals surface area contributed by atoms with Crippen molar-refractivity contribution in [3.05, 3.63) is 103 Å². The predicted octanol–water partition coefficient (Wildman–Crippen LogP) is 7.47. The molecule has 1 N–H and O–H groups in total. The van der Waals surface area contributed by atoms with Crippen LogP contribution < -0.4 is 5.32 Å². The zero-order valence-electron chi connectivity index (χ0n) is 17.5. The van der Waals surface area contributed by atoms with Gasteiger partial charge in [-0.25, -0.2) is 0 Å². The lowest BCUT2D eigenvalue weighted by molar-refractivity contribution is 0.810. The fourth-order valence-electron chi connectivity index (χ4n) is 2.97. The van der Waals surface area contributed by atoms with Crippen LogP contribution in [0.15, 0.2) is 92.4 Å². The smallest absolute Gasteiger partial charge is 0.0442 e. The second kappa shape index (κ2) is 13.9. The fourth-order valence-corrected chi connectivity index (χ4v) is 3.69. The van der Waals surface area contributed by atoms with E-state index in [4.69, 9.17) is 0 Å². The molecule has 0 saturated heterocycles.